The molecule has 0 N–H and O–H groups in total. The lowest BCUT2D eigenvalue weighted by molar-refractivity contribution is 1.33. The van der Waals surface area contributed by atoms with Gasteiger partial charge < -0.3 is 0 Å². The van der Waals surface area contributed by atoms with E-state index in [0.29, 0.717) is 0 Å². The van der Waals surface area contributed by atoms with Gasteiger partial charge in [0.05, 0.1) is 5.69 Å². The summed E-state index contributed by atoms with van der Waals surface area (Å²) in [4.78, 5) is 4.54. The van der Waals surface area contributed by atoms with Gasteiger partial charge in [-0.25, -0.2) is 0 Å². The average Bonchev–Trinajstić information content (AvgIpc) is 2.69. The molecule has 4 rings (SSSR count). The highest BCUT2D eigenvalue weighted by atomic mass is 14.7. The maximum Gasteiger partial charge on any atom is 0.0702 e. The first-order valence-electron chi connectivity index (χ1n) is 8.48. The number of hydrogen-bond acceptors (Lipinski definition) is 1. The molecule has 0 spiro atoms. The molecule has 0 amide bonds. The maximum atomic E-state index is 4.54. The zero-order valence-electron chi connectivity index (χ0n) is 14.2. The van der Waals surface area contributed by atoms with Gasteiger partial charge in [-0.2, -0.15) is 0 Å². The maximum absolute atomic E-state index is 4.54. The minimum absolute atomic E-state index is 0.995. The van der Waals surface area contributed by atoms with Crippen LogP contribution in [0.4, 0.5) is 0 Å². The van der Waals surface area contributed by atoms with Crippen LogP contribution >= 0.6 is 0 Å². The van der Waals surface area contributed by atoms with Gasteiger partial charge in [0.1, 0.15) is 0 Å². The quantitative estimate of drug-likeness (QED) is 0.426. The second kappa shape index (κ2) is 6.74. The lowest BCUT2D eigenvalue weighted by Crippen LogP contribution is -1.88. The van der Waals surface area contributed by atoms with Crippen molar-refractivity contribution in [3.05, 3.63) is 103 Å². The molecule has 0 fully saturated rings. The zero-order valence-corrected chi connectivity index (χ0v) is 14.2. The highest BCUT2D eigenvalue weighted by molar-refractivity contribution is 5.80. The number of benzene rings is 3. The van der Waals surface area contributed by atoms with Crippen molar-refractivity contribution >= 4 is 0 Å². The smallest absolute Gasteiger partial charge is 0.0702 e. The monoisotopic (exact) mass is 321 g/mol. The van der Waals surface area contributed by atoms with E-state index >= 15 is 0 Å². The number of aromatic nitrogens is 1. The highest BCUT2D eigenvalue weighted by Crippen LogP contribution is 2.32. The zero-order chi connectivity index (χ0) is 17.1. The molecular formula is C24H19N. The Balaban J connectivity index is 1.92. The summed E-state index contributed by atoms with van der Waals surface area (Å²) in [7, 11) is 0. The van der Waals surface area contributed by atoms with Crippen LogP contribution in [0.15, 0.2) is 97.2 Å². The fraction of sp³-hybridized carbons (Fsp3) is 0.0417. The summed E-state index contributed by atoms with van der Waals surface area (Å²) >= 11 is 0. The molecule has 3 aromatic carbocycles. The minimum atomic E-state index is 0.995. The van der Waals surface area contributed by atoms with Gasteiger partial charge in [0.15, 0.2) is 0 Å². The third-order valence-electron chi connectivity index (χ3n) is 4.35. The normalized spacial score (nSPS) is 10.6. The summed E-state index contributed by atoms with van der Waals surface area (Å²) in [5.74, 6) is 0. The van der Waals surface area contributed by atoms with Gasteiger partial charge in [0.25, 0.3) is 0 Å². The van der Waals surface area contributed by atoms with Crippen LogP contribution < -0.4 is 0 Å². The molecule has 1 heteroatoms. The van der Waals surface area contributed by atoms with Gasteiger partial charge in [-0.3, -0.25) is 4.98 Å². The molecule has 4 aromatic rings. The Morgan fingerprint density at radius 2 is 1.20 bits per heavy atom. The Morgan fingerprint density at radius 3 is 1.92 bits per heavy atom. The predicted octanol–water partition coefficient (Wildman–Crippen LogP) is 6.39. The number of nitrogens with zero attached hydrogens (tertiary/aromatic N) is 1. The predicted molar refractivity (Wildman–Crippen MR) is 105 cm³/mol. The van der Waals surface area contributed by atoms with Crippen molar-refractivity contribution in [3.8, 4) is 33.5 Å². The number of pyridine rings is 1. The molecule has 0 bridgehead atoms. The van der Waals surface area contributed by atoms with Crippen LogP contribution in [0.1, 0.15) is 5.56 Å². The molecule has 25 heavy (non-hydrogen) atoms. The van der Waals surface area contributed by atoms with E-state index in [1.165, 1.54) is 27.8 Å². The average molecular weight is 321 g/mol. The third-order valence-corrected chi connectivity index (χ3v) is 4.35. The van der Waals surface area contributed by atoms with Crippen LogP contribution in [0.2, 0.25) is 0 Å². The number of hydrogen-bond donors (Lipinski definition) is 0. The minimum Gasteiger partial charge on any atom is -0.256 e. The van der Waals surface area contributed by atoms with E-state index in [1.54, 1.807) is 0 Å². The van der Waals surface area contributed by atoms with Crippen molar-refractivity contribution in [1.29, 1.82) is 0 Å². The molecule has 120 valence electrons. The second-order valence-electron chi connectivity index (χ2n) is 6.25. The van der Waals surface area contributed by atoms with E-state index in [2.05, 4.69) is 84.7 Å². The molecule has 0 radical (unpaired) electrons. The van der Waals surface area contributed by atoms with Gasteiger partial charge in [0, 0.05) is 11.8 Å². The van der Waals surface area contributed by atoms with E-state index in [4.69, 9.17) is 0 Å². The molecule has 0 saturated heterocycles. The Bertz CT molecular complexity index is 931. The van der Waals surface area contributed by atoms with Crippen LogP contribution in [0, 0.1) is 6.92 Å². The molecular weight excluding hydrogens is 302 g/mol. The largest absolute Gasteiger partial charge is 0.256 e. The lowest BCUT2D eigenvalue weighted by atomic mass is 9.94. The summed E-state index contributed by atoms with van der Waals surface area (Å²) in [5.41, 5.74) is 8.27. The van der Waals surface area contributed by atoms with Gasteiger partial charge in [-0.05, 0) is 59.5 Å². The van der Waals surface area contributed by atoms with Crippen molar-refractivity contribution in [2.75, 3.05) is 0 Å². The van der Waals surface area contributed by atoms with E-state index in [1.807, 2.05) is 24.4 Å². The Hall–Kier alpha value is -3.19. The van der Waals surface area contributed by atoms with E-state index < -0.39 is 0 Å². The van der Waals surface area contributed by atoms with Crippen molar-refractivity contribution in [3.63, 3.8) is 0 Å². The Morgan fingerprint density at radius 1 is 0.520 bits per heavy atom. The van der Waals surface area contributed by atoms with Gasteiger partial charge in [-0.1, -0.05) is 66.2 Å². The van der Waals surface area contributed by atoms with Crippen LogP contribution in [0.25, 0.3) is 33.5 Å². The molecule has 0 aliphatic rings. The fourth-order valence-corrected chi connectivity index (χ4v) is 3.10. The lowest BCUT2D eigenvalue weighted by Gasteiger charge is -2.11. The molecule has 0 atom stereocenters. The first-order valence-corrected chi connectivity index (χ1v) is 8.48. The third kappa shape index (κ3) is 3.36. The topological polar surface area (TPSA) is 12.9 Å². The van der Waals surface area contributed by atoms with E-state index in [9.17, 15) is 0 Å². The fourth-order valence-electron chi connectivity index (χ4n) is 3.10. The van der Waals surface area contributed by atoms with Crippen LogP contribution in [-0.4, -0.2) is 4.98 Å². The van der Waals surface area contributed by atoms with E-state index in [0.717, 1.165) is 11.3 Å². The number of rotatable bonds is 3. The van der Waals surface area contributed by atoms with Crippen molar-refractivity contribution in [1.82, 2.24) is 4.98 Å². The standard InChI is InChI=1S/C24H19N/c1-18-8-7-11-20(14-18)22-15-21(19-9-3-2-4-10-19)16-23(17-22)24-12-5-6-13-25-24/h2-17H,1H3. The summed E-state index contributed by atoms with van der Waals surface area (Å²) in [6, 6.07) is 31.9. The van der Waals surface area contributed by atoms with Gasteiger partial charge in [-0.15, -0.1) is 0 Å². The summed E-state index contributed by atoms with van der Waals surface area (Å²) in [6.07, 6.45) is 1.84. The van der Waals surface area contributed by atoms with Gasteiger partial charge >= 0.3 is 0 Å². The molecule has 0 unspecified atom stereocenters. The van der Waals surface area contributed by atoms with Crippen molar-refractivity contribution in [2.24, 2.45) is 0 Å². The highest BCUT2D eigenvalue weighted by Gasteiger charge is 2.08. The SMILES string of the molecule is Cc1cccc(-c2cc(-c3ccccc3)cc(-c3ccccn3)c2)c1. The van der Waals surface area contributed by atoms with Crippen LogP contribution in [0.3, 0.4) is 0 Å². The number of aryl methyl sites for hydroxylation is 1. The van der Waals surface area contributed by atoms with E-state index in [-0.39, 0.29) is 0 Å². The molecule has 1 heterocycles. The van der Waals surface area contributed by atoms with Gasteiger partial charge in [0.2, 0.25) is 0 Å². The summed E-state index contributed by atoms with van der Waals surface area (Å²) < 4.78 is 0. The molecule has 1 aromatic heterocycles. The molecule has 0 aliphatic carbocycles. The first-order chi connectivity index (χ1) is 12.3. The summed E-state index contributed by atoms with van der Waals surface area (Å²) in [5, 5.41) is 0. The summed E-state index contributed by atoms with van der Waals surface area (Å²) in [6.45, 7) is 2.13. The Labute approximate surface area is 148 Å². The van der Waals surface area contributed by atoms with Crippen molar-refractivity contribution in [2.45, 2.75) is 6.92 Å². The molecule has 0 aliphatic heterocycles. The second-order valence-corrected chi connectivity index (χ2v) is 6.25. The van der Waals surface area contributed by atoms with Crippen molar-refractivity contribution < 1.29 is 0 Å². The molecule has 0 saturated carbocycles. The van der Waals surface area contributed by atoms with Crippen LogP contribution in [0.5, 0.6) is 0 Å². The first kappa shape index (κ1) is 15.3. The Kier molecular flexibility index (Phi) is 4.14. The van der Waals surface area contributed by atoms with Crippen LogP contribution in [-0.2, 0) is 0 Å². The molecule has 1 nitrogen and oxygen atoms in total.